The van der Waals surface area contributed by atoms with Crippen LogP contribution in [0.25, 0.3) is 0 Å². The molecule has 3 rings (SSSR count). The minimum atomic E-state index is -0.130. The Kier molecular flexibility index (Phi) is 3.53. The Morgan fingerprint density at radius 3 is 2.80 bits per heavy atom. The number of aryl methyl sites for hydroxylation is 2. The smallest absolute Gasteiger partial charge is 0.146 e. The van der Waals surface area contributed by atoms with E-state index in [0.717, 1.165) is 22.6 Å². The molecule has 1 heterocycles. The van der Waals surface area contributed by atoms with Crippen LogP contribution in [0.2, 0.25) is 10.0 Å². The lowest BCUT2D eigenvalue weighted by Gasteiger charge is -2.30. The normalized spacial score (nSPS) is 17.1. The molecule has 20 heavy (non-hydrogen) atoms. The van der Waals surface area contributed by atoms with Crippen LogP contribution in [-0.2, 0) is 0 Å². The number of anilines is 1. The number of hydrogen-bond donors (Lipinski definition) is 1. The maximum Gasteiger partial charge on any atom is 0.146 e. The molecule has 2 aromatic carbocycles. The van der Waals surface area contributed by atoms with Crippen LogP contribution >= 0.6 is 23.2 Å². The molecule has 1 unspecified atom stereocenters. The predicted octanol–water partition coefficient (Wildman–Crippen LogP) is 5.16. The van der Waals surface area contributed by atoms with Crippen molar-refractivity contribution in [1.82, 2.24) is 0 Å². The summed E-state index contributed by atoms with van der Waals surface area (Å²) in [5.74, 6) is 0.892. The summed E-state index contributed by atoms with van der Waals surface area (Å²) < 4.78 is 6.13. The lowest BCUT2D eigenvalue weighted by atomic mass is 10.0. The zero-order valence-corrected chi connectivity index (χ0v) is 12.8. The molecule has 2 aromatic rings. The summed E-state index contributed by atoms with van der Waals surface area (Å²) in [4.78, 5) is 0. The summed E-state index contributed by atoms with van der Waals surface area (Å²) in [6.07, 6.45) is -0.130. The van der Waals surface area contributed by atoms with Crippen LogP contribution in [0.4, 0.5) is 5.69 Å². The van der Waals surface area contributed by atoms with E-state index in [0.29, 0.717) is 16.6 Å². The number of fused-ring (bicyclic) bond motifs is 1. The fraction of sp³-hybridized carbons (Fsp3) is 0.250. The average Bonchev–Trinajstić information content (AvgIpc) is 2.41. The van der Waals surface area contributed by atoms with Gasteiger partial charge < -0.3 is 10.1 Å². The minimum absolute atomic E-state index is 0.130. The molecule has 0 radical (unpaired) electrons. The Morgan fingerprint density at radius 1 is 1.20 bits per heavy atom. The summed E-state index contributed by atoms with van der Waals surface area (Å²) in [5.41, 5.74) is 4.29. The molecule has 0 aliphatic carbocycles. The van der Waals surface area contributed by atoms with Gasteiger partial charge in [-0.1, -0.05) is 41.4 Å². The maximum absolute atomic E-state index is 6.28. The van der Waals surface area contributed by atoms with Crippen LogP contribution in [0.1, 0.15) is 22.8 Å². The Morgan fingerprint density at radius 2 is 2.00 bits per heavy atom. The average molecular weight is 308 g/mol. The van der Waals surface area contributed by atoms with Crippen molar-refractivity contribution in [3.63, 3.8) is 0 Å². The lowest BCUT2D eigenvalue weighted by molar-refractivity contribution is 0.209. The van der Waals surface area contributed by atoms with Crippen LogP contribution < -0.4 is 10.1 Å². The summed E-state index contributed by atoms with van der Waals surface area (Å²) >= 11 is 12.4. The van der Waals surface area contributed by atoms with Crippen LogP contribution in [0.15, 0.2) is 30.3 Å². The van der Waals surface area contributed by atoms with Gasteiger partial charge in [0.2, 0.25) is 0 Å². The van der Waals surface area contributed by atoms with Gasteiger partial charge in [0.05, 0.1) is 22.3 Å². The van der Waals surface area contributed by atoms with Gasteiger partial charge in [0.25, 0.3) is 0 Å². The third-order valence-corrected chi connectivity index (χ3v) is 4.32. The number of hydrogen-bond acceptors (Lipinski definition) is 2. The van der Waals surface area contributed by atoms with E-state index in [2.05, 4.69) is 31.3 Å². The van der Waals surface area contributed by atoms with Gasteiger partial charge >= 0.3 is 0 Å². The first kappa shape index (κ1) is 13.6. The zero-order chi connectivity index (χ0) is 14.3. The molecule has 0 saturated heterocycles. The first-order valence-electron chi connectivity index (χ1n) is 6.52. The highest BCUT2D eigenvalue weighted by Gasteiger charge is 2.24. The molecule has 1 atom stereocenters. The van der Waals surface area contributed by atoms with Gasteiger partial charge in [0.1, 0.15) is 11.9 Å². The van der Waals surface area contributed by atoms with E-state index in [9.17, 15) is 0 Å². The van der Waals surface area contributed by atoms with E-state index < -0.39 is 0 Å². The van der Waals surface area contributed by atoms with E-state index in [1.165, 1.54) is 5.56 Å². The van der Waals surface area contributed by atoms with Gasteiger partial charge in [0, 0.05) is 5.56 Å². The SMILES string of the molecule is Cc1cc(C)c2c(c1)NCC(c1cccc(Cl)c1Cl)O2. The molecule has 2 nitrogen and oxygen atoms in total. The second-order valence-electron chi connectivity index (χ2n) is 5.09. The van der Waals surface area contributed by atoms with E-state index in [4.69, 9.17) is 27.9 Å². The van der Waals surface area contributed by atoms with E-state index in [-0.39, 0.29) is 6.10 Å². The molecule has 0 fully saturated rings. The Labute approximate surface area is 128 Å². The van der Waals surface area contributed by atoms with E-state index in [1.54, 1.807) is 6.07 Å². The third kappa shape index (κ3) is 2.34. The summed E-state index contributed by atoms with van der Waals surface area (Å²) in [7, 11) is 0. The molecule has 0 saturated carbocycles. The number of rotatable bonds is 1. The highest BCUT2D eigenvalue weighted by atomic mass is 35.5. The summed E-state index contributed by atoms with van der Waals surface area (Å²) in [6, 6.07) is 9.84. The van der Waals surface area contributed by atoms with Gasteiger partial charge in [-0.3, -0.25) is 0 Å². The van der Waals surface area contributed by atoms with Crippen LogP contribution in [0, 0.1) is 13.8 Å². The summed E-state index contributed by atoms with van der Waals surface area (Å²) in [5, 5.41) is 4.53. The second kappa shape index (κ2) is 5.19. The Hall–Kier alpha value is -1.38. The minimum Gasteiger partial charge on any atom is -0.481 e. The molecule has 0 bridgehead atoms. The quantitative estimate of drug-likeness (QED) is 0.786. The van der Waals surface area contributed by atoms with Crippen molar-refractivity contribution in [2.24, 2.45) is 0 Å². The fourth-order valence-corrected chi connectivity index (χ4v) is 3.00. The first-order chi connectivity index (χ1) is 9.56. The van der Waals surface area contributed by atoms with Crippen molar-refractivity contribution < 1.29 is 4.74 Å². The van der Waals surface area contributed by atoms with Crippen LogP contribution in [-0.4, -0.2) is 6.54 Å². The van der Waals surface area contributed by atoms with Crippen molar-refractivity contribution in [2.75, 3.05) is 11.9 Å². The van der Waals surface area contributed by atoms with Gasteiger partial charge in [-0.05, 0) is 37.1 Å². The van der Waals surface area contributed by atoms with Crippen molar-refractivity contribution in [3.05, 3.63) is 57.1 Å². The first-order valence-corrected chi connectivity index (χ1v) is 7.27. The third-order valence-electron chi connectivity index (χ3n) is 3.49. The largest absolute Gasteiger partial charge is 0.481 e. The molecule has 1 aliphatic heterocycles. The maximum atomic E-state index is 6.28. The van der Waals surface area contributed by atoms with Crippen molar-refractivity contribution >= 4 is 28.9 Å². The highest BCUT2D eigenvalue weighted by molar-refractivity contribution is 6.42. The van der Waals surface area contributed by atoms with Crippen molar-refractivity contribution in [3.8, 4) is 5.75 Å². The molecule has 0 amide bonds. The molecule has 1 aliphatic rings. The monoisotopic (exact) mass is 307 g/mol. The zero-order valence-electron chi connectivity index (χ0n) is 11.3. The molecule has 4 heteroatoms. The van der Waals surface area contributed by atoms with Gasteiger partial charge in [-0.25, -0.2) is 0 Å². The van der Waals surface area contributed by atoms with Crippen LogP contribution in [0.5, 0.6) is 5.75 Å². The summed E-state index contributed by atoms with van der Waals surface area (Å²) in [6.45, 7) is 4.81. The van der Waals surface area contributed by atoms with Gasteiger partial charge in [0.15, 0.2) is 0 Å². The lowest BCUT2D eigenvalue weighted by Crippen LogP contribution is -2.24. The molecule has 1 N–H and O–H groups in total. The standard InChI is InChI=1S/C16H15Cl2NO/c1-9-6-10(2)16-13(7-9)19-8-14(20-16)11-4-3-5-12(17)15(11)18/h3-7,14,19H,8H2,1-2H3. The Bertz CT molecular complexity index is 670. The number of benzene rings is 2. The van der Waals surface area contributed by atoms with Gasteiger partial charge in [-0.15, -0.1) is 0 Å². The highest BCUT2D eigenvalue weighted by Crippen LogP contribution is 2.40. The topological polar surface area (TPSA) is 21.3 Å². The molecular weight excluding hydrogens is 293 g/mol. The number of halogens is 2. The second-order valence-corrected chi connectivity index (χ2v) is 5.87. The Balaban J connectivity index is 1.98. The fourth-order valence-electron chi connectivity index (χ4n) is 2.57. The molecule has 0 aromatic heterocycles. The van der Waals surface area contributed by atoms with E-state index >= 15 is 0 Å². The molecule has 104 valence electrons. The molecule has 0 spiro atoms. The van der Waals surface area contributed by atoms with Gasteiger partial charge in [-0.2, -0.15) is 0 Å². The predicted molar refractivity (Wildman–Crippen MR) is 84.2 cm³/mol. The number of nitrogens with one attached hydrogen (secondary N) is 1. The van der Waals surface area contributed by atoms with Crippen molar-refractivity contribution in [2.45, 2.75) is 20.0 Å². The van der Waals surface area contributed by atoms with Crippen LogP contribution in [0.3, 0.4) is 0 Å². The number of ether oxygens (including phenoxy) is 1. The van der Waals surface area contributed by atoms with Crippen molar-refractivity contribution in [1.29, 1.82) is 0 Å². The molecular formula is C16H15Cl2NO. The van der Waals surface area contributed by atoms with E-state index in [1.807, 2.05) is 12.1 Å².